The van der Waals surface area contributed by atoms with Crippen LogP contribution >= 0.6 is 0 Å². The van der Waals surface area contributed by atoms with E-state index in [0.29, 0.717) is 0 Å². The highest BCUT2D eigenvalue weighted by Crippen LogP contribution is 2.17. The molecular weight excluding hydrogens is 173 g/mol. The maximum Gasteiger partial charge on any atom is 0.394 e. The molecule has 66 valence electrons. The Kier molecular flexibility index (Phi) is 2.16. The van der Waals surface area contributed by atoms with Crippen molar-refractivity contribution in [2.45, 2.75) is 12.6 Å². The Morgan fingerprint density at radius 2 is 2.17 bits per heavy atom. The van der Waals surface area contributed by atoms with E-state index in [-0.39, 0.29) is 0 Å². The first-order valence-electron chi connectivity index (χ1n) is 3.08. The summed E-state index contributed by atoms with van der Waals surface area (Å²) >= 11 is 0. The summed E-state index contributed by atoms with van der Waals surface area (Å²) in [6.07, 6.45) is -3.38. The van der Waals surface area contributed by atoms with E-state index in [9.17, 15) is 18.0 Å². The fourth-order valence-corrected chi connectivity index (χ4v) is 0.698. The number of hydrogen-bond donors (Lipinski definition) is 1. The van der Waals surface area contributed by atoms with Crippen LogP contribution in [0.4, 0.5) is 13.2 Å². The fraction of sp³-hybridized carbons (Fsp3) is 0.333. The number of nitrogens with zero attached hydrogens (tertiary/aromatic N) is 1. The fourth-order valence-electron chi connectivity index (χ4n) is 0.698. The van der Waals surface area contributed by atoms with E-state index in [0.717, 1.165) is 6.20 Å². The van der Waals surface area contributed by atoms with Gasteiger partial charge in [0.1, 0.15) is 5.69 Å². The second kappa shape index (κ2) is 2.96. The Labute approximate surface area is 65.3 Å². The SMILES string of the molecule is O=c1[nH]ccnc1CC(F)(F)F. The lowest BCUT2D eigenvalue weighted by molar-refractivity contribution is -0.128. The largest absolute Gasteiger partial charge is 0.394 e. The summed E-state index contributed by atoms with van der Waals surface area (Å²) in [6, 6.07) is 0. The molecule has 1 rings (SSSR count). The van der Waals surface area contributed by atoms with Gasteiger partial charge in [-0.25, -0.2) is 0 Å². The molecule has 0 unspecified atom stereocenters. The van der Waals surface area contributed by atoms with Crippen LogP contribution < -0.4 is 5.56 Å². The molecular formula is C6H5F3N2O. The van der Waals surface area contributed by atoms with Gasteiger partial charge in [0.2, 0.25) is 0 Å². The number of aromatic nitrogens is 2. The molecule has 0 aliphatic rings. The lowest BCUT2D eigenvalue weighted by Gasteiger charge is -2.02. The molecule has 3 nitrogen and oxygen atoms in total. The lowest BCUT2D eigenvalue weighted by Crippen LogP contribution is -2.21. The molecule has 0 fully saturated rings. The topological polar surface area (TPSA) is 45.8 Å². The smallest absolute Gasteiger partial charge is 0.326 e. The van der Waals surface area contributed by atoms with Gasteiger partial charge >= 0.3 is 6.18 Å². The van der Waals surface area contributed by atoms with Gasteiger partial charge in [-0.15, -0.1) is 0 Å². The van der Waals surface area contributed by atoms with Crippen LogP contribution in [-0.2, 0) is 6.42 Å². The number of rotatable bonds is 1. The van der Waals surface area contributed by atoms with Crippen LogP contribution in [-0.4, -0.2) is 16.1 Å². The third-order valence-electron chi connectivity index (χ3n) is 1.15. The Balaban J connectivity index is 2.91. The van der Waals surface area contributed by atoms with Crippen LogP contribution in [0.3, 0.4) is 0 Å². The van der Waals surface area contributed by atoms with E-state index in [1.165, 1.54) is 6.20 Å². The molecule has 1 aromatic heterocycles. The second-order valence-electron chi connectivity index (χ2n) is 2.16. The predicted molar refractivity (Wildman–Crippen MR) is 34.6 cm³/mol. The highest BCUT2D eigenvalue weighted by molar-refractivity contribution is 4.97. The Hall–Kier alpha value is -1.33. The van der Waals surface area contributed by atoms with E-state index in [1.807, 2.05) is 0 Å². The molecule has 0 atom stereocenters. The molecule has 0 radical (unpaired) electrons. The number of H-pyrrole nitrogens is 1. The van der Waals surface area contributed by atoms with Crippen molar-refractivity contribution in [2.75, 3.05) is 0 Å². The lowest BCUT2D eigenvalue weighted by atomic mass is 10.3. The minimum atomic E-state index is -4.39. The molecule has 0 amide bonds. The molecule has 0 spiro atoms. The highest BCUT2D eigenvalue weighted by Gasteiger charge is 2.29. The van der Waals surface area contributed by atoms with E-state index >= 15 is 0 Å². The van der Waals surface area contributed by atoms with Crippen LogP contribution in [0.2, 0.25) is 0 Å². The van der Waals surface area contributed by atoms with Crippen molar-refractivity contribution in [1.29, 1.82) is 0 Å². The maximum atomic E-state index is 11.7. The van der Waals surface area contributed by atoms with Crippen molar-refractivity contribution in [3.63, 3.8) is 0 Å². The average molecular weight is 178 g/mol. The molecule has 1 heterocycles. The standard InChI is InChI=1S/C6H5F3N2O/c7-6(8,9)3-4-5(12)11-2-1-10-4/h1-2H,3H2,(H,11,12). The summed E-state index contributed by atoms with van der Waals surface area (Å²) < 4.78 is 35.2. The maximum absolute atomic E-state index is 11.7. The third kappa shape index (κ3) is 2.37. The molecule has 0 saturated heterocycles. The van der Waals surface area contributed by atoms with E-state index in [1.54, 1.807) is 0 Å². The van der Waals surface area contributed by atoms with Crippen molar-refractivity contribution >= 4 is 0 Å². The Bertz CT molecular complexity index is 317. The first-order valence-corrected chi connectivity index (χ1v) is 3.08. The van der Waals surface area contributed by atoms with Crippen molar-refractivity contribution < 1.29 is 13.2 Å². The number of aromatic amines is 1. The normalized spacial score (nSPS) is 11.6. The Morgan fingerprint density at radius 3 is 2.67 bits per heavy atom. The summed E-state index contributed by atoms with van der Waals surface area (Å²) in [6.45, 7) is 0. The molecule has 1 aromatic rings. The van der Waals surface area contributed by atoms with Gasteiger partial charge in [0, 0.05) is 12.4 Å². The van der Waals surface area contributed by atoms with Crippen molar-refractivity contribution in [2.24, 2.45) is 0 Å². The van der Waals surface area contributed by atoms with E-state index in [2.05, 4.69) is 9.97 Å². The third-order valence-corrected chi connectivity index (χ3v) is 1.15. The first kappa shape index (κ1) is 8.76. The molecule has 0 aliphatic carbocycles. The molecule has 0 bridgehead atoms. The molecule has 12 heavy (non-hydrogen) atoms. The van der Waals surface area contributed by atoms with Crippen LogP contribution in [0.25, 0.3) is 0 Å². The zero-order valence-corrected chi connectivity index (χ0v) is 5.85. The number of hydrogen-bond acceptors (Lipinski definition) is 2. The summed E-state index contributed by atoms with van der Waals surface area (Å²) in [4.78, 5) is 16.1. The zero-order valence-electron chi connectivity index (χ0n) is 5.85. The van der Waals surface area contributed by atoms with Crippen molar-refractivity contribution in [3.8, 4) is 0 Å². The summed E-state index contributed by atoms with van der Waals surface area (Å²) in [5, 5.41) is 0. The minimum absolute atomic E-state index is 0.509. The molecule has 0 aromatic carbocycles. The van der Waals surface area contributed by atoms with Crippen LogP contribution in [0, 0.1) is 0 Å². The molecule has 1 N–H and O–H groups in total. The van der Waals surface area contributed by atoms with Gasteiger partial charge in [-0.3, -0.25) is 9.78 Å². The summed E-state index contributed by atoms with van der Waals surface area (Å²) in [5.74, 6) is 0. The Morgan fingerprint density at radius 1 is 1.50 bits per heavy atom. The molecule has 0 saturated carbocycles. The van der Waals surface area contributed by atoms with Gasteiger partial charge in [-0.1, -0.05) is 0 Å². The highest BCUT2D eigenvalue weighted by atomic mass is 19.4. The monoisotopic (exact) mass is 178 g/mol. The predicted octanol–water partition coefficient (Wildman–Crippen LogP) is 0.875. The van der Waals surface area contributed by atoms with Crippen molar-refractivity contribution in [3.05, 3.63) is 28.4 Å². The van der Waals surface area contributed by atoms with Gasteiger partial charge in [0.25, 0.3) is 5.56 Å². The average Bonchev–Trinajstić information content (AvgIpc) is 1.91. The number of nitrogens with one attached hydrogen (secondary N) is 1. The second-order valence-corrected chi connectivity index (χ2v) is 2.16. The van der Waals surface area contributed by atoms with Gasteiger partial charge < -0.3 is 4.98 Å². The van der Waals surface area contributed by atoms with Crippen molar-refractivity contribution in [1.82, 2.24) is 9.97 Å². The quantitative estimate of drug-likeness (QED) is 0.693. The minimum Gasteiger partial charge on any atom is -0.326 e. The summed E-state index contributed by atoms with van der Waals surface area (Å²) in [5.41, 5.74) is -1.31. The number of halogens is 3. The molecule has 6 heteroatoms. The summed E-state index contributed by atoms with van der Waals surface area (Å²) in [7, 11) is 0. The van der Waals surface area contributed by atoms with E-state index < -0.39 is 23.9 Å². The van der Waals surface area contributed by atoms with E-state index in [4.69, 9.17) is 0 Å². The van der Waals surface area contributed by atoms with Gasteiger partial charge in [-0.2, -0.15) is 13.2 Å². The molecule has 0 aliphatic heterocycles. The van der Waals surface area contributed by atoms with Crippen LogP contribution in [0.1, 0.15) is 5.69 Å². The van der Waals surface area contributed by atoms with Gasteiger partial charge in [0.05, 0.1) is 6.42 Å². The van der Waals surface area contributed by atoms with Gasteiger partial charge in [-0.05, 0) is 0 Å². The van der Waals surface area contributed by atoms with Crippen LogP contribution in [0.15, 0.2) is 17.2 Å². The zero-order chi connectivity index (χ0) is 9.19. The number of alkyl halides is 3. The first-order chi connectivity index (χ1) is 5.49. The van der Waals surface area contributed by atoms with Gasteiger partial charge in [0.15, 0.2) is 0 Å². The van der Waals surface area contributed by atoms with Crippen LogP contribution in [0.5, 0.6) is 0 Å².